The molecule has 2 atom stereocenters. The summed E-state index contributed by atoms with van der Waals surface area (Å²) >= 11 is 0. The second-order valence-corrected chi connectivity index (χ2v) is 6.27. The van der Waals surface area contributed by atoms with Gasteiger partial charge in [-0.15, -0.1) is 0 Å². The molecule has 1 saturated heterocycles. The van der Waals surface area contributed by atoms with Crippen molar-refractivity contribution >= 4 is 5.97 Å². The van der Waals surface area contributed by atoms with Gasteiger partial charge in [0.15, 0.2) is 5.79 Å². The summed E-state index contributed by atoms with van der Waals surface area (Å²) in [6.07, 6.45) is 0.568. The lowest BCUT2D eigenvalue weighted by Crippen LogP contribution is -2.45. The van der Waals surface area contributed by atoms with Crippen LogP contribution in [0, 0.1) is 11.3 Å². The molecule has 108 valence electrons. The molecule has 0 N–H and O–H groups in total. The van der Waals surface area contributed by atoms with E-state index < -0.39 is 11.4 Å². The summed E-state index contributed by atoms with van der Waals surface area (Å²) in [5, 5.41) is 8.75. The van der Waals surface area contributed by atoms with Crippen molar-refractivity contribution in [2.45, 2.75) is 77.5 Å². The van der Waals surface area contributed by atoms with Crippen LogP contribution in [-0.4, -0.2) is 29.6 Å². The minimum atomic E-state index is -0.771. The molecule has 1 heterocycles. The molecule has 0 spiro atoms. The van der Waals surface area contributed by atoms with Crippen LogP contribution in [0.15, 0.2) is 0 Å². The average molecular weight is 269 g/mol. The van der Waals surface area contributed by atoms with Crippen molar-refractivity contribution in [2.75, 3.05) is 0 Å². The summed E-state index contributed by atoms with van der Waals surface area (Å²) < 4.78 is 16.6. The van der Waals surface area contributed by atoms with E-state index >= 15 is 0 Å². The molecule has 1 rings (SSSR count). The first-order valence-electron chi connectivity index (χ1n) is 6.56. The first-order chi connectivity index (χ1) is 8.61. The summed E-state index contributed by atoms with van der Waals surface area (Å²) in [5.74, 6) is -1.06. The summed E-state index contributed by atoms with van der Waals surface area (Å²) in [5.41, 5.74) is -0.496. The van der Waals surface area contributed by atoms with Crippen LogP contribution >= 0.6 is 0 Å². The van der Waals surface area contributed by atoms with Gasteiger partial charge in [0.25, 0.3) is 0 Å². The number of nitrogens with zero attached hydrogens (tertiary/aromatic N) is 1. The van der Waals surface area contributed by atoms with E-state index in [-0.39, 0.29) is 24.6 Å². The van der Waals surface area contributed by atoms with Crippen molar-refractivity contribution in [1.29, 1.82) is 5.26 Å². The molecule has 5 nitrogen and oxygen atoms in total. The summed E-state index contributed by atoms with van der Waals surface area (Å²) in [7, 11) is 0. The molecule has 0 aromatic heterocycles. The van der Waals surface area contributed by atoms with Crippen molar-refractivity contribution in [3.8, 4) is 6.07 Å². The van der Waals surface area contributed by atoms with E-state index in [1.54, 1.807) is 13.8 Å². The lowest BCUT2D eigenvalue weighted by Gasteiger charge is -2.40. The predicted molar refractivity (Wildman–Crippen MR) is 69.1 cm³/mol. The number of hydrogen-bond acceptors (Lipinski definition) is 5. The second-order valence-electron chi connectivity index (χ2n) is 6.27. The lowest BCUT2D eigenvalue weighted by molar-refractivity contribution is -0.298. The van der Waals surface area contributed by atoms with Gasteiger partial charge in [-0.3, -0.25) is 4.79 Å². The highest BCUT2D eigenvalue weighted by Crippen LogP contribution is 2.30. The smallest absolute Gasteiger partial charge is 0.308 e. The van der Waals surface area contributed by atoms with E-state index in [1.807, 2.05) is 20.8 Å². The van der Waals surface area contributed by atoms with E-state index in [0.717, 1.165) is 0 Å². The molecule has 0 aromatic carbocycles. The fourth-order valence-electron chi connectivity index (χ4n) is 2.14. The largest absolute Gasteiger partial charge is 0.460 e. The summed E-state index contributed by atoms with van der Waals surface area (Å²) in [4.78, 5) is 11.8. The Morgan fingerprint density at radius 3 is 2.47 bits per heavy atom. The van der Waals surface area contributed by atoms with Crippen LogP contribution in [0.25, 0.3) is 0 Å². The van der Waals surface area contributed by atoms with Crippen LogP contribution in [0.5, 0.6) is 0 Å². The molecule has 1 unspecified atom stereocenters. The zero-order valence-electron chi connectivity index (χ0n) is 12.4. The third-order valence-corrected chi connectivity index (χ3v) is 2.56. The normalized spacial score (nSPS) is 26.5. The van der Waals surface area contributed by atoms with Gasteiger partial charge in [0.2, 0.25) is 0 Å². The van der Waals surface area contributed by atoms with Crippen LogP contribution in [0.3, 0.4) is 0 Å². The molecule has 1 aliphatic rings. The number of esters is 1. The van der Waals surface area contributed by atoms with E-state index in [2.05, 4.69) is 6.07 Å². The number of nitriles is 1. The Morgan fingerprint density at radius 2 is 1.95 bits per heavy atom. The molecular formula is C14H23NO4. The molecule has 0 aromatic rings. The SMILES string of the molecule is CC(C)(C)OC(=O)C[C@@H]1CC(CC#N)OC(C)(C)O1. The minimum absolute atomic E-state index is 0.186. The van der Waals surface area contributed by atoms with Gasteiger partial charge < -0.3 is 14.2 Å². The molecule has 0 radical (unpaired) electrons. The summed E-state index contributed by atoms with van der Waals surface area (Å²) in [6, 6.07) is 2.09. The second kappa shape index (κ2) is 5.89. The summed E-state index contributed by atoms with van der Waals surface area (Å²) in [6.45, 7) is 9.08. The van der Waals surface area contributed by atoms with Gasteiger partial charge in [0.1, 0.15) is 5.60 Å². The van der Waals surface area contributed by atoms with E-state index in [1.165, 1.54) is 0 Å². The maximum atomic E-state index is 11.8. The van der Waals surface area contributed by atoms with Crippen LogP contribution < -0.4 is 0 Å². The number of hydrogen-bond donors (Lipinski definition) is 0. The van der Waals surface area contributed by atoms with Crippen molar-refractivity contribution in [1.82, 2.24) is 0 Å². The minimum Gasteiger partial charge on any atom is -0.460 e. The van der Waals surface area contributed by atoms with Gasteiger partial charge in [0, 0.05) is 6.42 Å². The van der Waals surface area contributed by atoms with Crippen LogP contribution in [0.2, 0.25) is 0 Å². The molecular weight excluding hydrogens is 246 g/mol. The fourth-order valence-corrected chi connectivity index (χ4v) is 2.14. The van der Waals surface area contributed by atoms with E-state index in [9.17, 15) is 4.79 Å². The van der Waals surface area contributed by atoms with Crippen LogP contribution in [-0.2, 0) is 19.0 Å². The van der Waals surface area contributed by atoms with Crippen molar-refractivity contribution in [3.05, 3.63) is 0 Å². The third kappa shape index (κ3) is 6.04. The van der Waals surface area contributed by atoms with Crippen molar-refractivity contribution in [2.24, 2.45) is 0 Å². The standard InChI is InChI=1S/C14H23NO4/c1-13(2,3)19-12(16)9-11-8-10(6-7-15)17-14(4,5)18-11/h10-11H,6,8-9H2,1-5H3/t10?,11-/m0/s1. The lowest BCUT2D eigenvalue weighted by atomic mass is 10.0. The van der Waals surface area contributed by atoms with Gasteiger partial charge in [-0.1, -0.05) is 0 Å². The molecule has 0 amide bonds. The third-order valence-electron chi connectivity index (χ3n) is 2.56. The Bertz CT molecular complexity index is 365. The fraction of sp³-hybridized carbons (Fsp3) is 0.857. The highest BCUT2D eigenvalue weighted by Gasteiger charge is 2.36. The molecule has 1 aliphatic heterocycles. The Morgan fingerprint density at radius 1 is 1.37 bits per heavy atom. The Labute approximate surface area is 114 Å². The van der Waals surface area contributed by atoms with Gasteiger partial charge in [-0.2, -0.15) is 5.26 Å². The van der Waals surface area contributed by atoms with Crippen molar-refractivity contribution < 1.29 is 19.0 Å². The number of carbonyl (C=O) groups excluding carboxylic acids is 1. The maximum Gasteiger partial charge on any atom is 0.308 e. The first-order valence-corrected chi connectivity index (χ1v) is 6.56. The number of rotatable bonds is 3. The highest BCUT2D eigenvalue weighted by atomic mass is 16.7. The van der Waals surface area contributed by atoms with Gasteiger partial charge in [0.05, 0.1) is 31.1 Å². The monoisotopic (exact) mass is 269 g/mol. The predicted octanol–water partition coefficient (Wildman–Crippen LogP) is 2.54. The Balaban J connectivity index is 2.57. The molecule has 0 saturated carbocycles. The molecule has 0 bridgehead atoms. The van der Waals surface area contributed by atoms with E-state index in [0.29, 0.717) is 12.8 Å². The number of carbonyl (C=O) groups is 1. The highest BCUT2D eigenvalue weighted by molar-refractivity contribution is 5.70. The molecule has 0 aliphatic carbocycles. The quantitative estimate of drug-likeness (QED) is 0.736. The Hall–Kier alpha value is -1.12. The zero-order chi connectivity index (χ0) is 14.7. The van der Waals surface area contributed by atoms with Crippen molar-refractivity contribution in [3.63, 3.8) is 0 Å². The van der Waals surface area contributed by atoms with Gasteiger partial charge in [-0.25, -0.2) is 0 Å². The zero-order valence-corrected chi connectivity index (χ0v) is 12.4. The number of ether oxygens (including phenoxy) is 3. The Kier molecular flexibility index (Phi) is 4.94. The molecule has 1 fully saturated rings. The van der Waals surface area contributed by atoms with E-state index in [4.69, 9.17) is 19.5 Å². The topological polar surface area (TPSA) is 68.6 Å². The van der Waals surface area contributed by atoms with Gasteiger partial charge >= 0.3 is 5.97 Å². The average Bonchev–Trinajstić information content (AvgIpc) is 2.10. The molecule has 19 heavy (non-hydrogen) atoms. The van der Waals surface area contributed by atoms with Crippen LogP contribution in [0.4, 0.5) is 0 Å². The van der Waals surface area contributed by atoms with Crippen LogP contribution in [0.1, 0.15) is 53.9 Å². The maximum absolute atomic E-state index is 11.8. The first kappa shape index (κ1) is 15.9. The molecule has 5 heteroatoms. The van der Waals surface area contributed by atoms with Gasteiger partial charge in [-0.05, 0) is 34.6 Å².